The number of benzene rings is 1. The lowest BCUT2D eigenvalue weighted by Gasteiger charge is -2.39. The fraction of sp³-hybridized carbons (Fsp3) is 0.529. The summed E-state index contributed by atoms with van der Waals surface area (Å²) in [5.74, 6) is 0. The van der Waals surface area contributed by atoms with Crippen LogP contribution in [-0.4, -0.2) is 21.1 Å². The molecule has 1 aliphatic carbocycles. The Labute approximate surface area is 132 Å². The Morgan fingerprint density at radius 2 is 1.95 bits per heavy atom. The van der Waals surface area contributed by atoms with E-state index in [9.17, 15) is 8.42 Å². The zero-order valence-corrected chi connectivity index (χ0v) is 14.1. The van der Waals surface area contributed by atoms with Gasteiger partial charge >= 0.3 is 0 Å². The van der Waals surface area contributed by atoms with Crippen LogP contribution in [0.5, 0.6) is 0 Å². The normalized spacial score (nSPS) is 27.0. The smallest absolute Gasteiger partial charge is 0.221 e. The van der Waals surface area contributed by atoms with Gasteiger partial charge in [-0.3, -0.25) is 0 Å². The van der Waals surface area contributed by atoms with Crippen LogP contribution >= 0.6 is 0 Å². The van der Waals surface area contributed by atoms with Gasteiger partial charge in [0.05, 0.1) is 6.10 Å². The molecule has 2 unspecified atom stereocenters. The predicted molar refractivity (Wildman–Crippen MR) is 87.0 cm³/mol. The molecule has 3 aliphatic rings. The highest BCUT2D eigenvalue weighted by molar-refractivity contribution is 7.90. The minimum Gasteiger partial charge on any atom is -0.359 e. The first-order valence-corrected chi connectivity index (χ1v) is 9.26. The number of rotatable bonds is 6. The van der Waals surface area contributed by atoms with Gasteiger partial charge in [0.1, 0.15) is 10.3 Å². The predicted octanol–water partition coefficient (Wildman–Crippen LogP) is 2.81. The Kier molecular flexibility index (Phi) is 3.70. The standard InChI is InChI=1S/C17H23NO3S/c1-4-11-18-22(19,20)16(2,3)13-5-7-14(8-6-13)17-10-9-15(12-17)21-17/h5-10,15,18H,4,11-12H2,1-3H3. The molecule has 5 heteroatoms. The topological polar surface area (TPSA) is 55.4 Å². The fourth-order valence-corrected chi connectivity index (χ4v) is 4.32. The maximum Gasteiger partial charge on any atom is 0.221 e. The molecule has 1 aromatic rings. The summed E-state index contributed by atoms with van der Waals surface area (Å²) in [5.41, 5.74) is 1.61. The van der Waals surface area contributed by atoms with Crippen LogP contribution in [0.1, 0.15) is 44.7 Å². The first-order valence-electron chi connectivity index (χ1n) is 7.78. The van der Waals surface area contributed by atoms with Gasteiger partial charge in [-0.1, -0.05) is 37.3 Å². The molecule has 0 spiro atoms. The second kappa shape index (κ2) is 5.18. The Morgan fingerprint density at radius 3 is 2.45 bits per heavy atom. The third-order valence-electron chi connectivity index (χ3n) is 4.73. The van der Waals surface area contributed by atoms with E-state index in [-0.39, 0.29) is 11.7 Å². The number of nitrogens with one attached hydrogen (secondary N) is 1. The van der Waals surface area contributed by atoms with Gasteiger partial charge in [0.2, 0.25) is 10.0 Å². The van der Waals surface area contributed by atoms with E-state index in [0.29, 0.717) is 6.54 Å². The van der Waals surface area contributed by atoms with Crippen molar-refractivity contribution in [1.29, 1.82) is 0 Å². The quantitative estimate of drug-likeness (QED) is 0.820. The highest BCUT2D eigenvalue weighted by Crippen LogP contribution is 2.49. The molecule has 0 amide bonds. The molecule has 2 heterocycles. The Morgan fingerprint density at radius 1 is 1.32 bits per heavy atom. The van der Waals surface area contributed by atoms with E-state index >= 15 is 0 Å². The maximum atomic E-state index is 12.5. The fourth-order valence-electron chi connectivity index (χ4n) is 3.04. The third-order valence-corrected chi connectivity index (χ3v) is 6.89. The molecule has 120 valence electrons. The van der Waals surface area contributed by atoms with Gasteiger partial charge < -0.3 is 4.74 Å². The van der Waals surface area contributed by atoms with E-state index in [1.54, 1.807) is 13.8 Å². The summed E-state index contributed by atoms with van der Waals surface area (Å²) in [4.78, 5) is 0. The lowest BCUT2D eigenvalue weighted by molar-refractivity contribution is -0.140. The second-order valence-electron chi connectivity index (χ2n) is 6.59. The average molecular weight is 321 g/mol. The molecule has 0 aromatic heterocycles. The molecule has 1 N–H and O–H groups in total. The maximum absolute atomic E-state index is 12.5. The van der Waals surface area contributed by atoms with E-state index in [1.165, 1.54) is 0 Å². The van der Waals surface area contributed by atoms with Gasteiger partial charge in [0.15, 0.2) is 0 Å². The Hall–Kier alpha value is -1.17. The van der Waals surface area contributed by atoms with Crippen LogP contribution in [0.15, 0.2) is 36.4 Å². The molecular weight excluding hydrogens is 298 g/mol. The number of hydrogen-bond donors (Lipinski definition) is 1. The zero-order chi connectivity index (χ0) is 16.0. The summed E-state index contributed by atoms with van der Waals surface area (Å²) < 4.78 is 32.5. The van der Waals surface area contributed by atoms with Gasteiger partial charge in [0.25, 0.3) is 0 Å². The van der Waals surface area contributed by atoms with Crippen LogP contribution in [0, 0.1) is 0 Å². The van der Waals surface area contributed by atoms with Crippen molar-refractivity contribution in [1.82, 2.24) is 4.72 Å². The summed E-state index contributed by atoms with van der Waals surface area (Å²) in [6.07, 6.45) is 6.23. The Balaban J connectivity index is 1.84. The summed E-state index contributed by atoms with van der Waals surface area (Å²) in [7, 11) is -3.41. The lowest BCUT2D eigenvalue weighted by atomic mass is 9.87. The van der Waals surface area contributed by atoms with Crippen molar-refractivity contribution in [2.24, 2.45) is 0 Å². The molecule has 4 rings (SSSR count). The number of sulfonamides is 1. The molecule has 0 radical (unpaired) electrons. The van der Waals surface area contributed by atoms with Crippen molar-refractivity contribution in [2.45, 2.75) is 50.1 Å². The van der Waals surface area contributed by atoms with Gasteiger partial charge in [-0.15, -0.1) is 0 Å². The minimum atomic E-state index is -3.41. The van der Waals surface area contributed by atoms with Crippen molar-refractivity contribution < 1.29 is 13.2 Å². The van der Waals surface area contributed by atoms with Crippen molar-refractivity contribution in [2.75, 3.05) is 6.54 Å². The van der Waals surface area contributed by atoms with Crippen LogP contribution < -0.4 is 4.72 Å². The van der Waals surface area contributed by atoms with Crippen molar-refractivity contribution in [3.8, 4) is 0 Å². The van der Waals surface area contributed by atoms with Crippen LogP contribution in [0.25, 0.3) is 0 Å². The molecule has 1 fully saturated rings. The summed E-state index contributed by atoms with van der Waals surface area (Å²) in [6, 6.07) is 7.77. The van der Waals surface area contributed by atoms with Crippen molar-refractivity contribution in [3.05, 3.63) is 47.5 Å². The molecule has 2 aliphatic heterocycles. The van der Waals surface area contributed by atoms with Gasteiger partial charge in [-0.05, 0) is 37.5 Å². The van der Waals surface area contributed by atoms with Gasteiger partial charge in [-0.2, -0.15) is 0 Å². The van der Waals surface area contributed by atoms with E-state index in [1.807, 2.05) is 31.2 Å². The van der Waals surface area contributed by atoms with Crippen molar-refractivity contribution in [3.63, 3.8) is 0 Å². The first kappa shape index (κ1) is 15.7. The summed E-state index contributed by atoms with van der Waals surface area (Å²) >= 11 is 0. The molecule has 4 nitrogen and oxygen atoms in total. The van der Waals surface area contributed by atoms with Crippen LogP contribution in [0.4, 0.5) is 0 Å². The van der Waals surface area contributed by atoms with Gasteiger partial charge in [0, 0.05) is 13.0 Å². The van der Waals surface area contributed by atoms with Crippen LogP contribution in [0.2, 0.25) is 0 Å². The van der Waals surface area contributed by atoms with E-state index in [0.717, 1.165) is 24.0 Å². The molecule has 1 saturated heterocycles. The second-order valence-corrected chi connectivity index (χ2v) is 8.91. The van der Waals surface area contributed by atoms with Crippen molar-refractivity contribution >= 4 is 10.0 Å². The monoisotopic (exact) mass is 321 g/mol. The molecule has 1 aromatic carbocycles. The van der Waals surface area contributed by atoms with Gasteiger partial charge in [-0.25, -0.2) is 13.1 Å². The molecule has 0 saturated carbocycles. The third kappa shape index (κ3) is 2.32. The van der Waals surface area contributed by atoms with Crippen LogP contribution in [-0.2, 0) is 25.1 Å². The largest absolute Gasteiger partial charge is 0.359 e. The Bertz CT molecular complexity index is 683. The van der Waals surface area contributed by atoms with E-state index < -0.39 is 14.8 Å². The highest BCUT2D eigenvalue weighted by Gasteiger charge is 2.49. The summed E-state index contributed by atoms with van der Waals surface area (Å²) in [5, 5.41) is 0. The minimum absolute atomic E-state index is 0.259. The number of hydrogen-bond acceptors (Lipinski definition) is 3. The highest BCUT2D eigenvalue weighted by atomic mass is 32.2. The molecular formula is C17H23NO3S. The average Bonchev–Trinajstić information content (AvgIpc) is 3.06. The lowest BCUT2D eigenvalue weighted by Crippen LogP contribution is -2.41. The summed E-state index contributed by atoms with van der Waals surface area (Å²) in [6.45, 7) is 5.89. The molecule has 22 heavy (non-hydrogen) atoms. The molecule has 2 bridgehead atoms. The zero-order valence-electron chi connectivity index (χ0n) is 13.3. The number of ether oxygens (including phenoxy) is 1. The SMILES string of the molecule is CCCNS(=O)(=O)C(C)(C)c1ccc(C23C=CC(C2)O3)cc1. The van der Waals surface area contributed by atoms with E-state index in [4.69, 9.17) is 4.74 Å². The molecule has 2 atom stereocenters. The van der Waals surface area contributed by atoms with E-state index in [2.05, 4.69) is 16.9 Å². The first-order chi connectivity index (χ1) is 10.3. The van der Waals surface area contributed by atoms with Crippen LogP contribution in [0.3, 0.4) is 0 Å².